The normalized spacial score (nSPS) is 10.9. The smallest absolute Gasteiger partial charge is 0.266 e. The van der Waals surface area contributed by atoms with Crippen LogP contribution in [0, 0.1) is 3.57 Å². The van der Waals surface area contributed by atoms with Gasteiger partial charge in [0.2, 0.25) is 0 Å². The summed E-state index contributed by atoms with van der Waals surface area (Å²) in [6.07, 6.45) is -1.24. The van der Waals surface area contributed by atoms with Gasteiger partial charge in [0.25, 0.3) is 6.43 Å². The molecule has 0 fully saturated rings. The van der Waals surface area contributed by atoms with Gasteiger partial charge in [-0.2, -0.15) is 0 Å². The van der Waals surface area contributed by atoms with E-state index in [0.717, 1.165) is 0 Å². The molecule has 0 spiro atoms. The molecule has 1 N–H and O–H groups in total. The number of nitrogens with zero attached hydrogens (tertiary/aromatic N) is 1. The molecule has 13 heavy (non-hydrogen) atoms. The predicted octanol–water partition coefficient (Wildman–Crippen LogP) is 2.88. The Kier molecular flexibility index (Phi) is 3.99. The van der Waals surface area contributed by atoms with Crippen molar-refractivity contribution in [2.45, 2.75) is 13.0 Å². The average molecular weight is 364 g/mol. The first-order valence-corrected chi connectivity index (χ1v) is 5.17. The van der Waals surface area contributed by atoms with E-state index >= 15 is 0 Å². The third kappa shape index (κ3) is 2.35. The van der Waals surface area contributed by atoms with Gasteiger partial charge in [-0.25, -0.2) is 8.78 Å². The van der Waals surface area contributed by atoms with Crippen molar-refractivity contribution in [3.05, 3.63) is 25.5 Å². The van der Waals surface area contributed by atoms with Gasteiger partial charge >= 0.3 is 0 Å². The topological polar surface area (TPSA) is 33.1 Å². The summed E-state index contributed by atoms with van der Waals surface area (Å²) in [5.74, 6) is 0. The average Bonchev–Trinajstić information content (AvgIpc) is 2.04. The van der Waals surface area contributed by atoms with E-state index in [9.17, 15) is 8.78 Å². The summed E-state index contributed by atoms with van der Waals surface area (Å²) in [5, 5.41) is 8.78. The van der Waals surface area contributed by atoms with Crippen molar-refractivity contribution in [3.8, 4) is 0 Å². The van der Waals surface area contributed by atoms with Crippen LogP contribution in [0.25, 0.3) is 0 Å². The summed E-state index contributed by atoms with van der Waals surface area (Å²) in [6.45, 7) is -0.350. The summed E-state index contributed by atoms with van der Waals surface area (Å²) < 4.78 is 25.5. The van der Waals surface area contributed by atoms with Gasteiger partial charge in [0.1, 0.15) is 0 Å². The van der Waals surface area contributed by atoms with Crippen LogP contribution in [0.4, 0.5) is 8.78 Å². The maximum atomic E-state index is 12.5. The van der Waals surface area contributed by atoms with Gasteiger partial charge < -0.3 is 5.11 Å². The summed E-state index contributed by atoms with van der Waals surface area (Å²) >= 11 is 4.77. The van der Waals surface area contributed by atoms with E-state index in [-0.39, 0.29) is 22.3 Å². The lowest BCUT2D eigenvalue weighted by atomic mass is 10.2. The lowest BCUT2D eigenvalue weighted by molar-refractivity contribution is 0.149. The maximum absolute atomic E-state index is 12.5. The fourth-order valence-corrected chi connectivity index (χ4v) is 2.46. The lowest BCUT2D eigenvalue weighted by Crippen LogP contribution is -1.99. The van der Waals surface area contributed by atoms with E-state index in [1.54, 1.807) is 22.6 Å². The fraction of sp³-hybridized carbons (Fsp3) is 0.286. The lowest BCUT2D eigenvalue weighted by Gasteiger charge is -2.08. The third-order valence-corrected chi connectivity index (χ3v) is 3.19. The third-order valence-electron chi connectivity index (χ3n) is 1.45. The summed E-state index contributed by atoms with van der Waals surface area (Å²) in [6, 6.07) is 0. The predicted molar refractivity (Wildman–Crippen MR) is 55.5 cm³/mol. The Morgan fingerprint density at radius 3 is 2.69 bits per heavy atom. The van der Waals surface area contributed by atoms with Gasteiger partial charge in [0, 0.05) is 15.3 Å². The van der Waals surface area contributed by atoms with Crippen molar-refractivity contribution in [1.82, 2.24) is 4.98 Å². The highest BCUT2D eigenvalue weighted by Crippen LogP contribution is 2.32. The van der Waals surface area contributed by atoms with Gasteiger partial charge in [-0.1, -0.05) is 0 Å². The fourth-order valence-electron chi connectivity index (χ4n) is 0.831. The van der Waals surface area contributed by atoms with Crippen molar-refractivity contribution < 1.29 is 13.9 Å². The Morgan fingerprint density at radius 2 is 2.23 bits per heavy atom. The van der Waals surface area contributed by atoms with E-state index in [1.165, 1.54) is 6.20 Å². The summed E-state index contributed by atoms with van der Waals surface area (Å²) in [5.41, 5.74) is 0.121. The van der Waals surface area contributed by atoms with Crippen LogP contribution in [0.15, 0.2) is 10.7 Å². The number of pyridine rings is 1. The van der Waals surface area contributed by atoms with Crippen molar-refractivity contribution in [3.63, 3.8) is 0 Å². The van der Waals surface area contributed by atoms with Crippen LogP contribution in [0.1, 0.15) is 17.7 Å². The minimum atomic E-state index is -2.56. The molecule has 0 aliphatic carbocycles. The molecular weight excluding hydrogens is 359 g/mol. The Hall–Kier alpha value is 0.180. The molecule has 1 aromatic heterocycles. The zero-order valence-electron chi connectivity index (χ0n) is 6.27. The van der Waals surface area contributed by atoms with Crippen LogP contribution in [0.2, 0.25) is 0 Å². The van der Waals surface area contributed by atoms with Crippen LogP contribution < -0.4 is 0 Å². The number of halogens is 4. The molecule has 0 saturated carbocycles. The quantitative estimate of drug-likeness (QED) is 0.819. The molecule has 0 amide bonds. The molecule has 0 bridgehead atoms. The number of aliphatic hydroxyl groups excluding tert-OH is 1. The van der Waals surface area contributed by atoms with Crippen LogP contribution in [-0.4, -0.2) is 10.1 Å². The number of hydrogen-bond acceptors (Lipinski definition) is 2. The minimum absolute atomic E-state index is 0.111. The molecule has 0 unspecified atom stereocenters. The number of hydrogen-bond donors (Lipinski definition) is 1. The molecule has 6 heteroatoms. The zero-order valence-corrected chi connectivity index (χ0v) is 10.0. The van der Waals surface area contributed by atoms with E-state index in [2.05, 4.69) is 20.9 Å². The molecular formula is C7H5BrF2INO. The first-order chi connectivity index (χ1) is 6.07. The molecule has 0 saturated heterocycles. The van der Waals surface area contributed by atoms with Crippen molar-refractivity contribution in [2.75, 3.05) is 0 Å². The Bertz CT molecular complexity index is 322. The standard InChI is InChI=1S/C7H5BrF2INO/c8-6-4(2-13)12-1-3(11)5(6)7(9)10/h1,7,13H,2H2. The van der Waals surface area contributed by atoms with Crippen LogP contribution in [0.5, 0.6) is 0 Å². The van der Waals surface area contributed by atoms with E-state index in [0.29, 0.717) is 3.57 Å². The second-order valence-electron chi connectivity index (χ2n) is 2.24. The summed E-state index contributed by atoms with van der Waals surface area (Å²) in [7, 11) is 0. The Labute approximate surface area is 95.6 Å². The molecule has 72 valence electrons. The minimum Gasteiger partial charge on any atom is -0.390 e. The van der Waals surface area contributed by atoms with Gasteiger partial charge in [-0.05, 0) is 38.5 Å². The van der Waals surface area contributed by atoms with Crippen molar-refractivity contribution in [2.24, 2.45) is 0 Å². The Morgan fingerprint density at radius 1 is 1.62 bits per heavy atom. The van der Waals surface area contributed by atoms with Gasteiger partial charge in [0.05, 0.1) is 16.8 Å². The largest absolute Gasteiger partial charge is 0.390 e. The summed E-state index contributed by atoms with van der Waals surface area (Å²) in [4.78, 5) is 3.80. The highest BCUT2D eigenvalue weighted by molar-refractivity contribution is 14.1. The van der Waals surface area contributed by atoms with Gasteiger partial charge in [0.15, 0.2) is 0 Å². The first kappa shape index (κ1) is 11.3. The molecule has 0 radical (unpaired) electrons. The van der Waals surface area contributed by atoms with E-state index in [1.807, 2.05) is 0 Å². The zero-order chi connectivity index (χ0) is 10.0. The molecule has 2 nitrogen and oxygen atoms in total. The van der Waals surface area contributed by atoms with Crippen molar-refractivity contribution >= 4 is 38.5 Å². The molecule has 0 aliphatic heterocycles. The SMILES string of the molecule is OCc1ncc(I)c(C(F)F)c1Br. The highest BCUT2D eigenvalue weighted by atomic mass is 127. The number of rotatable bonds is 2. The van der Waals surface area contributed by atoms with E-state index < -0.39 is 6.43 Å². The molecule has 0 aliphatic rings. The number of alkyl halides is 2. The van der Waals surface area contributed by atoms with E-state index in [4.69, 9.17) is 5.11 Å². The monoisotopic (exact) mass is 363 g/mol. The van der Waals surface area contributed by atoms with Crippen LogP contribution in [-0.2, 0) is 6.61 Å². The van der Waals surface area contributed by atoms with Crippen LogP contribution >= 0.6 is 38.5 Å². The Balaban J connectivity index is 3.30. The molecule has 0 aromatic carbocycles. The van der Waals surface area contributed by atoms with Crippen LogP contribution in [0.3, 0.4) is 0 Å². The molecule has 1 heterocycles. The van der Waals surface area contributed by atoms with Crippen molar-refractivity contribution in [1.29, 1.82) is 0 Å². The molecule has 1 aromatic rings. The second kappa shape index (κ2) is 4.61. The number of aromatic nitrogens is 1. The molecule has 1 rings (SSSR count). The maximum Gasteiger partial charge on any atom is 0.266 e. The second-order valence-corrected chi connectivity index (χ2v) is 4.19. The number of aliphatic hydroxyl groups is 1. The van der Waals surface area contributed by atoms with Gasteiger partial charge in [-0.15, -0.1) is 0 Å². The molecule has 0 atom stereocenters. The first-order valence-electron chi connectivity index (χ1n) is 3.29. The highest BCUT2D eigenvalue weighted by Gasteiger charge is 2.18. The van der Waals surface area contributed by atoms with Gasteiger partial charge in [-0.3, -0.25) is 4.98 Å².